The summed E-state index contributed by atoms with van der Waals surface area (Å²) in [5.41, 5.74) is -0.819. The molecule has 0 radical (unpaired) electrons. The van der Waals surface area contributed by atoms with E-state index in [2.05, 4.69) is 5.84 Å². The third-order valence-electron chi connectivity index (χ3n) is 2.15. The van der Waals surface area contributed by atoms with Gasteiger partial charge in [-0.2, -0.15) is 0 Å². The summed E-state index contributed by atoms with van der Waals surface area (Å²) in [4.78, 5) is 10.8. The van der Waals surface area contributed by atoms with Gasteiger partial charge in [0, 0.05) is 12.8 Å². The van der Waals surface area contributed by atoms with Crippen molar-refractivity contribution in [3.05, 3.63) is 0 Å². The van der Waals surface area contributed by atoms with Crippen molar-refractivity contribution in [2.75, 3.05) is 0 Å². The first-order valence-electron chi connectivity index (χ1n) is 3.51. The van der Waals surface area contributed by atoms with E-state index in [0.717, 1.165) is 0 Å². The largest absolute Gasteiger partial charge is 0.294 e. The zero-order valence-electron chi connectivity index (χ0n) is 6.49. The van der Waals surface area contributed by atoms with Crippen molar-refractivity contribution in [3.63, 3.8) is 0 Å². The van der Waals surface area contributed by atoms with Gasteiger partial charge in [-0.15, -0.1) is 0 Å². The molecule has 1 amide bonds. The van der Waals surface area contributed by atoms with Crippen molar-refractivity contribution in [1.82, 2.24) is 5.43 Å². The van der Waals surface area contributed by atoms with Gasteiger partial charge in [0.15, 0.2) is 0 Å². The van der Waals surface area contributed by atoms with E-state index in [1.165, 1.54) is 5.43 Å². The third kappa shape index (κ3) is 1.48. The fourth-order valence-corrected chi connectivity index (χ4v) is 1.43. The van der Waals surface area contributed by atoms with Gasteiger partial charge < -0.3 is 0 Å². The van der Waals surface area contributed by atoms with Gasteiger partial charge in [-0.05, 0) is 0 Å². The zero-order valence-corrected chi connectivity index (χ0v) is 6.49. The molecule has 1 saturated carbocycles. The maximum Gasteiger partial charge on any atom is 0.253 e. The van der Waals surface area contributed by atoms with Crippen LogP contribution in [0.1, 0.15) is 12.8 Å². The third-order valence-corrected chi connectivity index (χ3v) is 2.15. The summed E-state index contributed by atoms with van der Waals surface area (Å²) in [6, 6.07) is 0. The Bertz CT molecular complexity index is 223. The molecule has 0 heterocycles. The lowest BCUT2D eigenvalue weighted by molar-refractivity contribution is -0.211. The van der Waals surface area contributed by atoms with E-state index >= 15 is 0 Å². The molecule has 0 unspecified atom stereocenters. The van der Waals surface area contributed by atoms with Crippen LogP contribution in [0, 0.1) is 5.41 Å². The molecule has 1 aliphatic carbocycles. The van der Waals surface area contributed by atoms with Crippen molar-refractivity contribution in [1.29, 1.82) is 0 Å². The van der Waals surface area contributed by atoms with E-state index in [0.29, 0.717) is 0 Å². The summed E-state index contributed by atoms with van der Waals surface area (Å²) in [6.45, 7) is 0. The van der Waals surface area contributed by atoms with Gasteiger partial charge in [-0.3, -0.25) is 10.2 Å². The Morgan fingerprint density at radius 3 is 2.08 bits per heavy atom. The van der Waals surface area contributed by atoms with Crippen LogP contribution in [0.2, 0.25) is 0 Å². The Morgan fingerprint density at radius 2 is 1.85 bits per heavy atom. The molecule has 0 spiro atoms. The summed E-state index contributed by atoms with van der Waals surface area (Å²) >= 11 is 0. The molecular formula is C6H8F4N2O. The highest BCUT2D eigenvalue weighted by molar-refractivity contribution is 5.84. The van der Waals surface area contributed by atoms with Crippen LogP contribution in [0.3, 0.4) is 0 Å². The van der Waals surface area contributed by atoms with Gasteiger partial charge in [0.05, 0.1) is 0 Å². The summed E-state index contributed by atoms with van der Waals surface area (Å²) in [7, 11) is 0. The topological polar surface area (TPSA) is 55.1 Å². The minimum atomic E-state index is -3.18. The number of hydrogen-bond acceptors (Lipinski definition) is 2. The second-order valence-electron chi connectivity index (χ2n) is 3.14. The lowest BCUT2D eigenvalue weighted by Crippen LogP contribution is -2.60. The average Bonchev–Trinajstić information content (AvgIpc) is 1.97. The van der Waals surface area contributed by atoms with Crippen LogP contribution in [0.4, 0.5) is 17.6 Å². The highest BCUT2D eigenvalue weighted by Gasteiger charge is 2.65. The van der Waals surface area contributed by atoms with Crippen molar-refractivity contribution < 1.29 is 22.4 Å². The fraction of sp³-hybridized carbons (Fsp3) is 0.833. The van der Waals surface area contributed by atoms with Gasteiger partial charge in [-0.25, -0.2) is 23.4 Å². The molecule has 3 nitrogen and oxygen atoms in total. The van der Waals surface area contributed by atoms with Crippen molar-refractivity contribution in [2.24, 2.45) is 11.3 Å². The lowest BCUT2D eigenvalue weighted by Gasteiger charge is -2.44. The molecular weight excluding hydrogens is 192 g/mol. The molecule has 0 bridgehead atoms. The Labute approximate surface area is 71.2 Å². The second kappa shape index (κ2) is 2.83. The van der Waals surface area contributed by atoms with Crippen LogP contribution in [0.15, 0.2) is 0 Å². The molecule has 1 rings (SSSR count). The van der Waals surface area contributed by atoms with E-state index in [1.807, 2.05) is 0 Å². The van der Waals surface area contributed by atoms with Crippen molar-refractivity contribution in [3.8, 4) is 0 Å². The maximum absolute atomic E-state index is 12.3. The standard InChI is InChI=1S/C6H8F4N2O/c7-3(8)5(4(13)12-11)1-6(9,10)2-5/h3H,1-2,11H2,(H,12,13). The van der Waals surface area contributed by atoms with Crippen LogP contribution in [-0.2, 0) is 4.79 Å². The Morgan fingerprint density at radius 1 is 1.38 bits per heavy atom. The van der Waals surface area contributed by atoms with Gasteiger partial charge in [-0.1, -0.05) is 0 Å². The SMILES string of the molecule is NNC(=O)C1(C(F)F)CC(F)(F)C1. The Kier molecular flexibility index (Phi) is 2.23. The van der Waals surface area contributed by atoms with E-state index in [-0.39, 0.29) is 0 Å². The quantitative estimate of drug-likeness (QED) is 0.297. The number of nitrogens with two attached hydrogens (primary N) is 1. The molecule has 76 valence electrons. The van der Waals surface area contributed by atoms with Crippen LogP contribution >= 0.6 is 0 Å². The van der Waals surface area contributed by atoms with Gasteiger partial charge in [0.1, 0.15) is 5.41 Å². The van der Waals surface area contributed by atoms with E-state index in [9.17, 15) is 22.4 Å². The smallest absolute Gasteiger partial charge is 0.253 e. The van der Waals surface area contributed by atoms with Crippen molar-refractivity contribution >= 4 is 5.91 Å². The van der Waals surface area contributed by atoms with E-state index in [4.69, 9.17) is 0 Å². The lowest BCUT2D eigenvalue weighted by atomic mass is 9.65. The maximum atomic E-state index is 12.3. The number of amides is 1. The first-order valence-corrected chi connectivity index (χ1v) is 3.51. The molecule has 1 aliphatic rings. The number of rotatable bonds is 2. The van der Waals surface area contributed by atoms with Crippen molar-refractivity contribution in [2.45, 2.75) is 25.2 Å². The number of hydrazine groups is 1. The molecule has 0 aromatic carbocycles. The van der Waals surface area contributed by atoms with Crippen LogP contribution in [-0.4, -0.2) is 18.3 Å². The first kappa shape index (κ1) is 10.2. The van der Waals surface area contributed by atoms with Crippen LogP contribution in [0.5, 0.6) is 0 Å². The molecule has 1 fully saturated rings. The Balaban J connectivity index is 2.77. The first-order chi connectivity index (χ1) is 5.84. The summed E-state index contributed by atoms with van der Waals surface area (Å²) in [5.74, 6) is 0.210. The number of carbonyl (C=O) groups excluding carboxylic acids is 1. The monoisotopic (exact) mass is 200 g/mol. The van der Waals surface area contributed by atoms with Gasteiger partial charge >= 0.3 is 0 Å². The predicted molar refractivity (Wildman–Crippen MR) is 34.9 cm³/mol. The zero-order chi connectivity index (χ0) is 10.3. The number of nitrogens with one attached hydrogen (secondary N) is 1. The fourth-order valence-electron chi connectivity index (χ4n) is 1.43. The summed E-state index contributed by atoms with van der Waals surface area (Å²) in [6.07, 6.45) is -5.39. The minimum absolute atomic E-state index is 1.14. The summed E-state index contributed by atoms with van der Waals surface area (Å²) in [5, 5.41) is 0. The Hall–Kier alpha value is -0.850. The van der Waals surface area contributed by atoms with Gasteiger partial charge in [0.25, 0.3) is 12.3 Å². The molecule has 0 saturated heterocycles. The van der Waals surface area contributed by atoms with Crippen LogP contribution < -0.4 is 11.3 Å². The highest BCUT2D eigenvalue weighted by atomic mass is 19.3. The van der Waals surface area contributed by atoms with E-state index in [1.54, 1.807) is 0 Å². The molecule has 7 heteroatoms. The molecule has 0 atom stereocenters. The molecule has 0 aliphatic heterocycles. The highest BCUT2D eigenvalue weighted by Crippen LogP contribution is 2.55. The average molecular weight is 200 g/mol. The number of halogens is 4. The number of hydrogen-bond donors (Lipinski definition) is 2. The molecule has 3 N–H and O–H groups in total. The summed E-state index contributed by atoms with van der Waals surface area (Å²) < 4.78 is 49.2. The molecule has 0 aromatic heterocycles. The molecule has 13 heavy (non-hydrogen) atoms. The number of carbonyl (C=O) groups is 1. The van der Waals surface area contributed by atoms with E-state index < -0.39 is 36.5 Å². The van der Waals surface area contributed by atoms with Crippen LogP contribution in [0.25, 0.3) is 0 Å². The second-order valence-corrected chi connectivity index (χ2v) is 3.14. The normalized spacial score (nSPS) is 23.8. The molecule has 0 aromatic rings. The predicted octanol–water partition coefficient (Wildman–Crippen LogP) is 0.657. The number of alkyl halides is 4. The van der Waals surface area contributed by atoms with Gasteiger partial charge in [0.2, 0.25) is 5.91 Å². The minimum Gasteiger partial charge on any atom is -0.294 e.